The predicted molar refractivity (Wildman–Crippen MR) is 64.0 cm³/mol. The third-order valence-electron chi connectivity index (χ3n) is 2.99. The molecule has 92 valence electrons. The van der Waals surface area contributed by atoms with Crippen molar-refractivity contribution in [3.63, 3.8) is 0 Å². The van der Waals surface area contributed by atoms with Crippen LogP contribution in [0.25, 0.3) is 0 Å². The van der Waals surface area contributed by atoms with Crippen LogP contribution in [-0.4, -0.2) is 31.0 Å². The molecule has 1 aliphatic rings. The highest BCUT2D eigenvalue weighted by molar-refractivity contribution is 7.91. The van der Waals surface area contributed by atoms with E-state index in [1.54, 1.807) is 24.3 Å². The molecule has 3 atom stereocenters. The highest BCUT2D eigenvalue weighted by Gasteiger charge is 2.61. The third-order valence-corrected chi connectivity index (χ3v) is 4.82. The Morgan fingerprint density at radius 2 is 1.82 bits per heavy atom. The summed E-state index contributed by atoms with van der Waals surface area (Å²) in [6.07, 6.45) is 1.07. The number of hydrogen-bond donors (Lipinski definition) is 1. The summed E-state index contributed by atoms with van der Waals surface area (Å²) in [6.45, 7) is 0. The summed E-state index contributed by atoms with van der Waals surface area (Å²) in [6, 6.07) is 6.61. The zero-order valence-electron chi connectivity index (χ0n) is 9.00. The molecule has 0 unspecified atom stereocenters. The van der Waals surface area contributed by atoms with Gasteiger partial charge in [0.15, 0.2) is 9.84 Å². The first-order chi connectivity index (χ1) is 7.82. The van der Waals surface area contributed by atoms with Crippen LogP contribution in [0, 0.1) is 5.92 Å². The van der Waals surface area contributed by atoms with E-state index in [0.717, 1.165) is 6.26 Å². The molecule has 17 heavy (non-hydrogen) atoms. The lowest BCUT2D eigenvalue weighted by molar-refractivity contribution is -0.138. The SMILES string of the molecule is CS(=O)(=O)[C@@H]1[C@H](C(=O)O)[C@H]1c1ccc(Cl)cc1. The van der Waals surface area contributed by atoms with Crippen LogP contribution in [0.1, 0.15) is 11.5 Å². The van der Waals surface area contributed by atoms with Gasteiger partial charge in [0.1, 0.15) is 0 Å². The second-order valence-corrected chi connectivity index (χ2v) is 6.88. The second-order valence-electron chi connectivity index (χ2n) is 4.24. The monoisotopic (exact) mass is 274 g/mol. The number of sulfone groups is 1. The lowest BCUT2D eigenvalue weighted by Crippen LogP contribution is -2.10. The van der Waals surface area contributed by atoms with Crippen molar-refractivity contribution in [3.05, 3.63) is 34.9 Å². The van der Waals surface area contributed by atoms with Crippen molar-refractivity contribution in [2.45, 2.75) is 11.2 Å². The summed E-state index contributed by atoms with van der Waals surface area (Å²) in [5, 5.41) is 8.70. The zero-order chi connectivity index (χ0) is 12.8. The molecule has 0 spiro atoms. The van der Waals surface area contributed by atoms with Crippen molar-refractivity contribution in [1.82, 2.24) is 0 Å². The Morgan fingerprint density at radius 1 is 1.29 bits per heavy atom. The van der Waals surface area contributed by atoms with Gasteiger partial charge in [0.05, 0.1) is 11.2 Å². The number of carboxylic acid groups (broad SMARTS) is 1. The van der Waals surface area contributed by atoms with Crippen LogP contribution in [0.3, 0.4) is 0 Å². The summed E-state index contributed by atoms with van der Waals surface area (Å²) in [7, 11) is -3.35. The first kappa shape index (κ1) is 12.4. The molecular formula is C11H11ClO4S. The largest absolute Gasteiger partial charge is 0.481 e. The van der Waals surface area contributed by atoms with Crippen molar-refractivity contribution < 1.29 is 18.3 Å². The van der Waals surface area contributed by atoms with E-state index in [0.29, 0.717) is 10.6 Å². The van der Waals surface area contributed by atoms with Gasteiger partial charge in [0.2, 0.25) is 0 Å². The third kappa shape index (κ3) is 2.30. The molecule has 0 aliphatic heterocycles. The molecule has 1 aromatic rings. The first-order valence-electron chi connectivity index (χ1n) is 4.99. The van der Waals surface area contributed by atoms with Crippen molar-refractivity contribution in [2.24, 2.45) is 5.92 Å². The van der Waals surface area contributed by atoms with Crippen LogP contribution in [0.2, 0.25) is 5.02 Å². The lowest BCUT2D eigenvalue weighted by atomic mass is 10.1. The maximum Gasteiger partial charge on any atom is 0.308 e. The Labute approximate surface area is 104 Å². The maximum atomic E-state index is 11.5. The van der Waals surface area contributed by atoms with Crippen LogP contribution in [0.4, 0.5) is 0 Å². The van der Waals surface area contributed by atoms with Gasteiger partial charge < -0.3 is 5.11 Å². The molecule has 1 aliphatic carbocycles. The summed E-state index contributed by atoms with van der Waals surface area (Å²) < 4.78 is 22.9. The predicted octanol–water partition coefficient (Wildman–Crippen LogP) is 1.55. The molecule has 1 fully saturated rings. The van der Waals surface area contributed by atoms with Gasteiger partial charge in [-0.25, -0.2) is 8.42 Å². The van der Waals surface area contributed by atoms with Gasteiger partial charge >= 0.3 is 5.97 Å². The van der Waals surface area contributed by atoms with E-state index in [9.17, 15) is 13.2 Å². The van der Waals surface area contributed by atoms with Gasteiger partial charge in [0.25, 0.3) is 0 Å². The van der Waals surface area contributed by atoms with E-state index in [1.807, 2.05) is 0 Å². The molecule has 0 heterocycles. The maximum absolute atomic E-state index is 11.5. The van der Waals surface area contributed by atoms with Crippen LogP contribution in [0.5, 0.6) is 0 Å². The standard InChI is InChI=1S/C11H11ClO4S/c1-17(15,16)10-8(9(10)11(13)14)6-2-4-7(12)5-3-6/h2-5,8-10H,1H3,(H,13,14)/t8-,9-,10+/m1/s1. The van der Waals surface area contributed by atoms with E-state index in [1.165, 1.54) is 0 Å². The quantitative estimate of drug-likeness (QED) is 0.908. The number of hydrogen-bond acceptors (Lipinski definition) is 3. The molecule has 0 bridgehead atoms. The molecule has 6 heteroatoms. The number of carboxylic acids is 1. The Balaban J connectivity index is 2.34. The van der Waals surface area contributed by atoms with Gasteiger partial charge in [-0.15, -0.1) is 0 Å². The molecule has 4 nitrogen and oxygen atoms in total. The minimum atomic E-state index is -3.35. The number of halogens is 1. The number of aliphatic carboxylic acids is 1. The van der Waals surface area contributed by atoms with Crippen LogP contribution >= 0.6 is 11.6 Å². The molecule has 0 aromatic heterocycles. The summed E-state index contributed by atoms with van der Waals surface area (Å²) in [5.74, 6) is -2.37. The number of carbonyl (C=O) groups is 1. The Hall–Kier alpha value is -1.07. The van der Waals surface area contributed by atoms with Crippen molar-refractivity contribution in [2.75, 3.05) is 6.26 Å². The summed E-state index contributed by atoms with van der Waals surface area (Å²) in [4.78, 5) is 11.0. The average molecular weight is 275 g/mol. The van der Waals surface area contributed by atoms with Crippen molar-refractivity contribution >= 4 is 27.4 Å². The van der Waals surface area contributed by atoms with Gasteiger partial charge in [0, 0.05) is 17.2 Å². The van der Waals surface area contributed by atoms with Crippen LogP contribution in [-0.2, 0) is 14.6 Å². The van der Waals surface area contributed by atoms with E-state index in [2.05, 4.69) is 0 Å². The molecule has 1 aromatic carbocycles. The fourth-order valence-electron chi connectivity index (χ4n) is 2.19. The van der Waals surface area contributed by atoms with Crippen molar-refractivity contribution in [3.8, 4) is 0 Å². The fourth-order valence-corrected chi connectivity index (χ4v) is 3.90. The van der Waals surface area contributed by atoms with E-state index < -0.39 is 32.9 Å². The van der Waals surface area contributed by atoms with Gasteiger partial charge in [-0.2, -0.15) is 0 Å². The average Bonchev–Trinajstić information content (AvgIpc) is 2.93. The first-order valence-corrected chi connectivity index (χ1v) is 7.33. The van der Waals surface area contributed by atoms with E-state index >= 15 is 0 Å². The molecule has 1 N–H and O–H groups in total. The van der Waals surface area contributed by atoms with E-state index in [-0.39, 0.29) is 0 Å². The second kappa shape index (κ2) is 3.99. The van der Waals surface area contributed by atoms with Crippen LogP contribution in [0.15, 0.2) is 24.3 Å². The number of rotatable bonds is 3. The topological polar surface area (TPSA) is 71.4 Å². The Morgan fingerprint density at radius 3 is 2.18 bits per heavy atom. The Bertz CT molecular complexity index is 549. The molecule has 0 saturated heterocycles. The highest BCUT2D eigenvalue weighted by atomic mass is 35.5. The summed E-state index contributed by atoms with van der Waals surface area (Å²) >= 11 is 5.73. The smallest absolute Gasteiger partial charge is 0.308 e. The molecular weight excluding hydrogens is 264 g/mol. The lowest BCUT2D eigenvalue weighted by Gasteiger charge is -1.99. The molecule has 0 radical (unpaired) electrons. The van der Waals surface area contributed by atoms with Gasteiger partial charge in [-0.05, 0) is 17.7 Å². The fraction of sp³-hybridized carbons (Fsp3) is 0.364. The molecule has 0 amide bonds. The van der Waals surface area contributed by atoms with E-state index in [4.69, 9.17) is 16.7 Å². The Kier molecular flexibility index (Phi) is 2.91. The molecule has 2 rings (SSSR count). The minimum absolute atomic E-state index is 0.459. The van der Waals surface area contributed by atoms with Crippen molar-refractivity contribution in [1.29, 1.82) is 0 Å². The van der Waals surface area contributed by atoms with Gasteiger partial charge in [-0.3, -0.25) is 4.79 Å². The number of benzene rings is 1. The molecule has 1 saturated carbocycles. The zero-order valence-corrected chi connectivity index (χ0v) is 10.6. The van der Waals surface area contributed by atoms with Crippen LogP contribution < -0.4 is 0 Å². The summed E-state index contributed by atoms with van der Waals surface area (Å²) in [5.41, 5.74) is 0.706. The minimum Gasteiger partial charge on any atom is -0.481 e. The highest BCUT2D eigenvalue weighted by Crippen LogP contribution is 2.52. The normalized spacial score (nSPS) is 27.8. The van der Waals surface area contributed by atoms with Gasteiger partial charge in [-0.1, -0.05) is 23.7 Å².